The van der Waals surface area contributed by atoms with Crippen LogP contribution in [0, 0.1) is 116 Å². The van der Waals surface area contributed by atoms with Crippen molar-refractivity contribution in [1.29, 1.82) is 0 Å². The highest BCUT2D eigenvalue weighted by atomic mass is 19.2. The number of rotatable bonds is 14. The minimum absolute atomic E-state index is 0.0165. The first kappa shape index (κ1) is 51.0. The maximum absolute atomic E-state index is 15.8. The minimum Gasteiger partial charge on any atom is -0.204 e. The smallest absolute Gasteiger partial charge is 0.204 e. The first-order valence-electron chi connectivity index (χ1n) is 19.8. The number of halogens is 20. The molecule has 24 heteroatoms. The molecular formula is C44H24B2F20N2. The Bertz CT molecular complexity index is 2580. The van der Waals surface area contributed by atoms with Gasteiger partial charge in [0.25, 0.3) is 13.4 Å². The van der Waals surface area contributed by atoms with Crippen molar-refractivity contribution in [1.82, 2.24) is 0 Å². The zero-order valence-corrected chi connectivity index (χ0v) is 34.3. The quantitative estimate of drug-likeness (QED) is 0.0342. The number of azo groups is 1. The maximum Gasteiger partial charge on any atom is 0.260 e. The van der Waals surface area contributed by atoms with Gasteiger partial charge in [0, 0.05) is 21.9 Å². The first-order chi connectivity index (χ1) is 32.0. The molecule has 0 amide bonds. The molecule has 68 heavy (non-hydrogen) atoms. The second-order valence-electron chi connectivity index (χ2n) is 15.0. The van der Waals surface area contributed by atoms with E-state index in [1.165, 1.54) is 0 Å². The average Bonchev–Trinajstić information content (AvgIpc) is 3.33. The average molecular weight is 982 g/mol. The Hall–Kier alpha value is -6.35. The summed E-state index contributed by atoms with van der Waals surface area (Å²) < 4.78 is 303. The molecular weight excluding hydrogens is 958 g/mol. The van der Waals surface area contributed by atoms with E-state index in [1.807, 2.05) is 0 Å². The lowest BCUT2D eigenvalue weighted by Crippen LogP contribution is -2.58. The summed E-state index contributed by atoms with van der Waals surface area (Å²) in [6.45, 7) is -3.23. The number of nitrogens with zero attached hydrogens (tertiary/aromatic N) is 2. The molecule has 0 N–H and O–H groups in total. The molecule has 0 atom stereocenters. The summed E-state index contributed by atoms with van der Waals surface area (Å²) in [7, 11) is 0. The Labute approximate surface area is 371 Å². The van der Waals surface area contributed by atoms with Gasteiger partial charge in [0.2, 0.25) is 0 Å². The van der Waals surface area contributed by atoms with E-state index in [0.29, 0.717) is 12.8 Å². The van der Waals surface area contributed by atoms with E-state index in [9.17, 15) is 52.7 Å². The number of unbranched alkanes of at least 4 members (excludes halogenated alkanes) is 2. The third-order valence-electron chi connectivity index (χ3n) is 10.8. The van der Waals surface area contributed by atoms with Crippen LogP contribution in [0.4, 0.5) is 99.2 Å². The van der Waals surface area contributed by atoms with E-state index < -0.39 is 174 Å². The van der Waals surface area contributed by atoms with Gasteiger partial charge in [-0.1, -0.05) is 51.0 Å². The Kier molecular flexibility index (Phi) is 15.1. The van der Waals surface area contributed by atoms with E-state index >= 15 is 35.1 Å². The van der Waals surface area contributed by atoms with Crippen LogP contribution in [-0.4, -0.2) is 13.4 Å². The molecule has 0 heterocycles. The van der Waals surface area contributed by atoms with Gasteiger partial charge in [-0.05, 0) is 59.9 Å². The van der Waals surface area contributed by atoms with Crippen LogP contribution in [0.25, 0.3) is 0 Å². The molecule has 0 bridgehead atoms. The lowest BCUT2D eigenvalue weighted by molar-refractivity contribution is 0.382. The van der Waals surface area contributed by atoms with E-state index in [0.717, 1.165) is 36.4 Å². The summed E-state index contributed by atoms with van der Waals surface area (Å²) in [6.07, 6.45) is 1.11. The molecule has 0 aromatic heterocycles. The molecule has 6 aromatic carbocycles. The summed E-state index contributed by atoms with van der Waals surface area (Å²) >= 11 is 0. The fourth-order valence-electron chi connectivity index (χ4n) is 7.45. The van der Waals surface area contributed by atoms with Crippen LogP contribution in [-0.2, 0) is 12.8 Å². The molecule has 0 aliphatic carbocycles. The Morgan fingerprint density at radius 1 is 0.309 bits per heavy atom. The van der Waals surface area contributed by atoms with Gasteiger partial charge in [-0.3, -0.25) is 0 Å². The van der Waals surface area contributed by atoms with Crippen molar-refractivity contribution < 1.29 is 87.8 Å². The van der Waals surface area contributed by atoms with Gasteiger partial charge in [-0.15, -0.1) is 0 Å². The number of hydrogen-bond donors (Lipinski definition) is 0. The Balaban J connectivity index is 1.77. The van der Waals surface area contributed by atoms with Gasteiger partial charge in [0.05, 0.1) is 11.4 Å². The van der Waals surface area contributed by atoms with Crippen molar-refractivity contribution in [3.63, 3.8) is 0 Å². The van der Waals surface area contributed by atoms with Crippen molar-refractivity contribution in [2.24, 2.45) is 10.2 Å². The number of aryl methyl sites for hydroxylation is 2. The summed E-state index contributed by atoms with van der Waals surface area (Å²) in [5, 5.41) is 7.49. The minimum atomic E-state index is -3.26. The lowest BCUT2D eigenvalue weighted by atomic mass is 9.35. The van der Waals surface area contributed by atoms with Crippen LogP contribution in [0.5, 0.6) is 0 Å². The molecule has 0 unspecified atom stereocenters. The topological polar surface area (TPSA) is 24.7 Å². The van der Waals surface area contributed by atoms with Gasteiger partial charge in [0.1, 0.15) is 0 Å². The van der Waals surface area contributed by atoms with Gasteiger partial charge >= 0.3 is 0 Å². The van der Waals surface area contributed by atoms with Crippen LogP contribution in [0.2, 0.25) is 0 Å². The lowest BCUT2D eigenvalue weighted by Gasteiger charge is -2.22. The summed E-state index contributed by atoms with van der Waals surface area (Å²) in [6, 6.07) is 5.18. The van der Waals surface area contributed by atoms with Crippen molar-refractivity contribution >= 4 is 57.6 Å². The highest BCUT2D eigenvalue weighted by Gasteiger charge is 2.44. The molecule has 6 aromatic rings. The SMILES string of the molecule is CCCCc1ccc(N=Nc2ccc(CCCC)cc2B(c2c(F)c(F)c(F)c(F)c2F)c2c(F)c(F)c(F)c(F)c2F)c(B(c2c(F)c(F)c(F)c(F)c2F)c2c(F)c(F)c(F)c(F)c2F)c1. The van der Waals surface area contributed by atoms with Gasteiger partial charge in [-0.2, -0.15) is 10.2 Å². The van der Waals surface area contributed by atoms with Crippen molar-refractivity contribution in [3.05, 3.63) is 164 Å². The van der Waals surface area contributed by atoms with Crippen LogP contribution in [0.15, 0.2) is 46.6 Å². The molecule has 0 saturated heterocycles. The number of benzene rings is 6. The zero-order valence-electron chi connectivity index (χ0n) is 34.3. The highest BCUT2D eigenvalue weighted by Crippen LogP contribution is 2.27. The fourth-order valence-corrected chi connectivity index (χ4v) is 7.45. The molecule has 2 nitrogen and oxygen atoms in total. The van der Waals surface area contributed by atoms with Gasteiger partial charge < -0.3 is 0 Å². The predicted octanol–water partition coefficient (Wildman–Crippen LogP) is 10.6. The Morgan fingerprint density at radius 3 is 0.721 bits per heavy atom. The normalized spacial score (nSPS) is 11.7. The third kappa shape index (κ3) is 8.81. The molecule has 356 valence electrons. The maximum atomic E-state index is 15.8. The first-order valence-corrected chi connectivity index (χ1v) is 19.8. The monoisotopic (exact) mass is 982 g/mol. The molecule has 0 fully saturated rings. The van der Waals surface area contributed by atoms with E-state index in [1.54, 1.807) is 13.8 Å². The molecule has 6 rings (SSSR count). The molecule has 0 aliphatic heterocycles. The van der Waals surface area contributed by atoms with Crippen molar-refractivity contribution in [3.8, 4) is 0 Å². The highest BCUT2D eigenvalue weighted by molar-refractivity contribution is 6.97. The van der Waals surface area contributed by atoms with Crippen LogP contribution >= 0.6 is 0 Å². The molecule has 0 spiro atoms. The predicted molar refractivity (Wildman–Crippen MR) is 209 cm³/mol. The molecule has 0 radical (unpaired) electrons. The van der Waals surface area contributed by atoms with Crippen LogP contribution in [0.1, 0.15) is 50.7 Å². The molecule has 0 saturated carbocycles. The summed E-state index contributed by atoms with van der Waals surface area (Å²) in [5.74, 6) is -56.3. The second-order valence-corrected chi connectivity index (χ2v) is 15.0. The Morgan fingerprint density at radius 2 is 0.515 bits per heavy atom. The third-order valence-corrected chi connectivity index (χ3v) is 10.8. The fraction of sp³-hybridized carbons (Fsp3) is 0.182. The number of hydrogen-bond acceptors (Lipinski definition) is 2. The summed E-state index contributed by atoms with van der Waals surface area (Å²) in [4.78, 5) is 0. The van der Waals surface area contributed by atoms with E-state index in [-0.39, 0.29) is 36.8 Å². The van der Waals surface area contributed by atoms with Crippen molar-refractivity contribution in [2.75, 3.05) is 0 Å². The van der Waals surface area contributed by atoms with Crippen LogP contribution in [0.3, 0.4) is 0 Å². The zero-order chi connectivity index (χ0) is 50.4. The van der Waals surface area contributed by atoms with E-state index in [4.69, 9.17) is 0 Å². The van der Waals surface area contributed by atoms with Gasteiger partial charge in [-0.25, -0.2) is 87.8 Å². The largest absolute Gasteiger partial charge is 0.260 e. The van der Waals surface area contributed by atoms with Crippen molar-refractivity contribution in [2.45, 2.75) is 52.4 Å². The second kappa shape index (κ2) is 20.1. The van der Waals surface area contributed by atoms with Gasteiger partial charge in [0.15, 0.2) is 116 Å². The standard InChI is InChI=1S/C44H24B2F20N2/c1-3-5-7-15-9-11-19(17(13-15)45(21-25(47)33(55)41(63)34(56)26(21)48)22-27(49)35(57)42(64)36(58)28(22)50)67-68-20-12-10-16(8-6-4-2)14-18(20)46(23-29(51)37(59)43(65)38(60)30(23)52)24-31(53)39(61)44(66)40(62)32(24)54/h9-14H,3-8H2,1-2H3. The van der Waals surface area contributed by atoms with Crippen LogP contribution < -0.4 is 32.8 Å². The summed E-state index contributed by atoms with van der Waals surface area (Å²) in [5.41, 5.74) is -13.3. The van der Waals surface area contributed by atoms with E-state index in [2.05, 4.69) is 10.2 Å². The molecule has 0 aliphatic rings.